The average molecular weight is 254 g/mol. The van der Waals surface area contributed by atoms with Crippen LogP contribution in [0.3, 0.4) is 0 Å². The van der Waals surface area contributed by atoms with Gasteiger partial charge >= 0.3 is 0 Å². The van der Waals surface area contributed by atoms with E-state index in [1.54, 1.807) is 0 Å². The van der Waals surface area contributed by atoms with E-state index in [-0.39, 0.29) is 17.4 Å². The number of ketones is 1. The smallest absolute Gasteiger partial charge is 0.143 e. The van der Waals surface area contributed by atoms with Gasteiger partial charge in [0.2, 0.25) is 0 Å². The van der Waals surface area contributed by atoms with Crippen molar-refractivity contribution in [3.8, 4) is 0 Å². The predicted octanol–water partition coefficient (Wildman–Crippen LogP) is 3.53. The topological polar surface area (TPSA) is 32.7 Å². The summed E-state index contributed by atoms with van der Waals surface area (Å²) in [6.07, 6.45) is 1.68. The summed E-state index contributed by atoms with van der Waals surface area (Å²) in [5, 5.41) is 0. The van der Waals surface area contributed by atoms with Gasteiger partial charge in [-0.2, -0.15) is 0 Å². The van der Waals surface area contributed by atoms with Crippen molar-refractivity contribution in [1.82, 2.24) is 4.90 Å². The molecule has 0 aromatic carbocycles. The second-order valence-corrected chi connectivity index (χ2v) is 5.82. The lowest BCUT2D eigenvalue weighted by molar-refractivity contribution is -0.125. The summed E-state index contributed by atoms with van der Waals surface area (Å²) in [6.45, 7) is 16.3. The van der Waals surface area contributed by atoms with E-state index in [9.17, 15) is 4.79 Å². The molecule has 1 unspecified atom stereocenters. The van der Waals surface area contributed by atoms with Crippen LogP contribution in [0.25, 0.3) is 0 Å². The highest BCUT2D eigenvalue weighted by atomic mass is 16.1. The number of nitrogens with zero attached hydrogens (tertiary/aromatic N) is 2. The van der Waals surface area contributed by atoms with Gasteiger partial charge in [0.05, 0.1) is 0 Å². The van der Waals surface area contributed by atoms with Crippen molar-refractivity contribution < 1.29 is 4.79 Å². The van der Waals surface area contributed by atoms with Gasteiger partial charge in [0, 0.05) is 17.5 Å². The molecule has 0 aromatic heterocycles. The zero-order valence-electron chi connectivity index (χ0n) is 13.2. The maximum absolute atomic E-state index is 12.0. The Hall–Kier alpha value is -0.700. The molecule has 0 aliphatic heterocycles. The van der Waals surface area contributed by atoms with E-state index in [4.69, 9.17) is 4.99 Å². The molecule has 0 heterocycles. The van der Waals surface area contributed by atoms with Gasteiger partial charge < -0.3 is 0 Å². The van der Waals surface area contributed by atoms with Crippen LogP contribution in [0.2, 0.25) is 0 Å². The van der Waals surface area contributed by atoms with Crippen LogP contribution in [-0.2, 0) is 4.79 Å². The lowest BCUT2D eigenvalue weighted by Gasteiger charge is -2.26. The van der Waals surface area contributed by atoms with Crippen LogP contribution >= 0.6 is 0 Å². The van der Waals surface area contributed by atoms with Gasteiger partial charge in [-0.25, -0.2) is 0 Å². The normalized spacial score (nSPS) is 15.0. The minimum Gasteiger partial charge on any atom is -0.299 e. The highest BCUT2D eigenvalue weighted by Gasteiger charge is 2.22. The van der Waals surface area contributed by atoms with Crippen molar-refractivity contribution in [2.75, 3.05) is 13.1 Å². The first kappa shape index (κ1) is 17.3. The number of carbonyl (C=O) groups is 1. The fraction of sp³-hybridized carbons (Fsp3) is 0.867. The fourth-order valence-electron chi connectivity index (χ4n) is 1.87. The highest BCUT2D eigenvalue weighted by Crippen LogP contribution is 2.17. The first-order chi connectivity index (χ1) is 8.26. The van der Waals surface area contributed by atoms with Crippen molar-refractivity contribution in [2.24, 2.45) is 10.4 Å². The summed E-state index contributed by atoms with van der Waals surface area (Å²) in [7, 11) is 0. The minimum absolute atomic E-state index is 0.216. The molecule has 3 heteroatoms. The lowest BCUT2D eigenvalue weighted by Crippen LogP contribution is -2.34. The molecule has 18 heavy (non-hydrogen) atoms. The second kappa shape index (κ2) is 7.67. The quantitative estimate of drug-likeness (QED) is 0.651. The maximum atomic E-state index is 12.0. The van der Waals surface area contributed by atoms with E-state index in [0.29, 0.717) is 6.42 Å². The summed E-state index contributed by atoms with van der Waals surface area (Å²) in [4.78, 5) is 19.0. The molecule has 1 atom stereocenters. The van der Waals surface area contributed by atoms with Crippen LogP contribution in [0.1, 0.15) is 61.3 Å². The Balaban J connectivity index is 4.69. The average Bonchev–Trinajstić information content (AvgIpc) is 2.27. The third kappa shape index (κ3) is 5.76. The zero-order chi connectivity index (χ0) is 14.3. The van der Waals surface area contributed by atoms with Crippen LogP contribution in [0.4, 0.5) is 0 Å². The third-order valence-corrected chi connectivity index (χ3v) is 3.22. The fourth-order valence-corrected chi connectivity index (χ4v) is 1.87. The summed E-state index contributed by atoms with van der Waals surface area (Å²) < 4.78 is 0. The van der Waals surface area contributed by atoms with Gasteiger partial charge in [-0.1, -0.05) is 41.5 Å². The van der Waals surface area contributed by atoms with E-state index in [1.807, 2.05) is 27.7 Å². The van der Waals surface area contributed by atoms with Crippen LogP contribution in [0.15, 0.2) is 4.99 Å². The molecule has 0 radical (unpaired) electrons. The molecule has 0 aromatic rings. The van der Waals surface area contributed by atoms with Crippen molar-refractivity contribution >= 4 is 11.5 Å². The summed E-state index contributed by atoms with van der Waals surface area (Å²) in [6, 6.07) is 0. The number of rotatable bonds is 7. The van der Waals surface area contributed by atoms with Crippen molar-refractivity contribution in [3.05, 3.63) is 0 Å². The molecule has 0 saturated carbocycles. The Kier molecular flexibility index (Phi) is 7.37. The molecular formula is C15H30N2O. The molecule has 0 bridgehead atoms. The van der Waals surface area contributed by atoms with Crippen LogP contribution in [-0.4, -0.2) is 35.7 Å². The molecule has 0 N–H and O–H groups in total. The Labute approximate surface area is 113 Å². The van der Waals surface area contributed by atoms with E-state index in [0.717, 1.165) is 25.2 Å². The third-order valence-electron chi connectivity index (χ3n) is 3.22. The van der Waals surface area contributed by atoms with Crippen LogP contribution in [0.5, 0.6) is 0 Å². The molecule has 0 spiro atoms. The lowest BCUT2D eigenvalue weighted by atomic mass is 9.88. The molecular weight excluding hydrogens is 224 g/mol. The molecule has 0 fully saturated rings. The van der Waals surface area contributed by atoms with E-state index in [2.05, 4.69) is 25.7 Å². The summed E-state index contributed by atoms with van der Waals surface area (Å²) in [5.41, 5.74) is 0.682. The van der Waals surface area contributed by atoms with Gasteiger partial charge in [0.1, 0.15) is 11.9 Å². The van der Waals surface area contributed by atoms with E-state index >= 15 is 0 Å². The second-order valence-electron chi connectivity index (χ2n) is 5.82. The summed E-state index contributed by atoms with van der Waals surface area (Å²) >= 11 is 0. The molecule has 0 rings (SSSR count). The van der Waals surface area contributed by atoms with Crippen LogP contribution < -0.4 is 0 Å². The molecule has 106 valence electrons. The Morgan fingerprint density at radius 1 is 1.17 bits per heavy atom. The number of hydrogen-bond donors (Lipinski definition) is 0. The first-order valence-electron chi connectivity index (χ1n) is 7.06. The number of hydrogen-bond acceptors (Lipinski definition) is 3. The van der Waals surface area contributed by atoms with Gasteiger partial charge in [0.15, 0.2) is 0 Å². The van der Waals surface area contributed by atoms with Gasteiger partial charge in [-0.3, -0.25) is 14.7 Å². The molecule has 0 amide bonds. The highest BCUT2D eigenvalue weighted by molar-refractivity contribution is 6.02. The SMILES string of the molecule is CCC(/N=C(/C)CC(=O)C(C)(C)C)N(CC)CC. The number of aliphatic imine (C=N–C) groups is 1. The van der Waals surface area contributed by atoms with Gasteiger partial charge in [0.25, 0.3) is 0 Å². The molecule has 0 aliphatic rings. The van der Waals surface area contributed by atoms with E-state index in [1.165, 1.54) is 0 Å². The molecule has 0 saturated heterocycles. The van der Waals surface area contributed by atoms with Crippen molar-refractivity contribution in [3.63, 3.8) is 0 Å². The van der Waals surface area contributed by atoms with E-state index < -0.39 is 0 Å². The Morgan fingerprint density at radius 3 is 2.00 bits per heavy atom. The summed E-state index contributed by atoms with van der Waals surface area (Å²) in [5.74, 6) is 0.262. The minimum atomic E-state index is -0.270. The first-order valence-corrected chi connectivity index (χ1v) is 7.06. The van der Waals surface area contributed by atoms with Crippen molar-refractivity contribution in [2.45, 2.75) is 67.5 Å². The number of Topliss-reactive ketones (excluding diaryl/α,β-unsaturated/α-hetero) is 1. The van der Waals surface area contributed by atoms with Gasteiger partial charge in [-0.15, -0.1) is 0 Å². The monoisotopic (exact) mass is 254 g/mol. The van der Waals surface area contributed by atoms with Crippen LogP contribution in [0, 0.1) is 5.41 Å². The molecule has 0 aliphatic carbocycles. The molecule has 3 nitrogen and oxygen atoms in total. The largest absolute Gasteiger partial charge is 0.299 e. The maximum Gasteiger partial charge on any atom is 0.143 e. The number of carbonyl (C=O) groups excluding carboxylic acids is 1. The predicted molar refractivity (Wildman–Crippen MR) is 79.2 cm³/mol. The standard InChI is InChI=1S/C15H30N2O/c1-8-14(17(9-2)10-3)16-12(4)11-13(18)15(5,6)7/h14H,8-11H2,1-7H3/b16-12-. The Morgan fingerprint density at radius 2 is 1.67 bits per heavy atom. The van der Waals surface area contributed by atoms with Gasteiger partial charge in [-0.05, 0) is 26.4 Å². The zero-order valence-corrected chi connectivity index (χ0v) is 13.2. The Bertz CT molecular complexity index is 285. The van der Waals surface area contributed by atoms with Crippen molar-refractivity contribution in [1.29, 1.82) is 0 Å².